The van der Waals surface area contributed by atoms with Gasteiger partial charge >= 0.3 is 0 Å². The summed E-state index contributed by atoms with van der Waals surface area (Å²) in [6.45, 7) is 2.41. The maximum Gasteiger partial charge on any atom is 0.0591 e. The fourth-order valence-electron chi connectivity index (χ4n) is 4.11. The van der Waals surface area contributed by atoms with E-state index < -0.39 is 0 Å². The van der Waals surface area contributed by atoms with E-state index in [0.717, 1.165) is 5.92 Å². The number of rotatable bonds is 2. The van der Waals surface area contributed by atoms with Gasteiger partial charge in [-0.2, -0.15) is 0 Å². The van der Waals surface area contributed by atoms with Gasteiger partial charge in [-0.1, -0.05) is 68.3 Å². The Labute approximate surface area is 127 Å². The van der Waals surface area contributed by atoms with E-state index in [1.807, 2.05) is 0 Å². The van der Waals surface area contributed by atoms with E-state index in [1.54, 1.807) is 0 Å². The van der Waals surface area contributed by atoms with Gasteiger partial charge in [0.2, 0.25) is 0 Å². The Balaban J connectivity index is 1.71. The highest BCUT2D eigenvalue weighted by atomic mass is 15.0. The molecule has 4 rings (SSSR count). The van der Waals surface area contributed by atoms with Crippen molar-refractivity contribution in [3.63, 3.8) is 0 Å². The van der Waals surface area contributed by atoms with Crippen LogP contribution in [0.4, 0.5) is 0 Å². The third-order valence-electron chi connectivity index (χ3n) is 5.33. The Morgan fingerprint density at radius 2 is 1.38 bits per heavy atom. The van der Waals surface area contributed by atoms with Gasteiger partial charge in [0, 0.05) is 6.04 Å². The van der Waals surface area contributed by atoms with Gasteiger partial charge in [-0.25, -0.2) is 0 Å². The lowest BCUT2D eigenvalue weighted by Crippen LogP contribution is -2.39. The third-order valence-corrected chi connectivity index (χ3v) is 5.33. The SMILES string of the molecule is C[C@H]1CCCC[C@H]1NC1c2ccccc2-c2ccccc21. The summed E-state index contributed by atoms with van der Waals surface area (Å²) in [6, 6.07) is 18.8. The monoisotopic (exact) mass is 277 g/mol. The highest BCUT2D eigenvalue weighted by Gasteiger charge is 2.31. The van der Waals surface area contributed by atoms with Crippen molar-refractivity contribution < 1.29 is 0 Å². The smallest absolute Gasteiger partial charge is 0.0591 e. The zero-order valence-corrected chi connectivity index (χ0v) is 12.7. The minimum absolute atomic E-state index is 0.378. The van der Waals surface area contributed by atoms with Gasteiger partial charge in [-0.3, -0.25) is 0 Å². The van der Waals surface area contributed by atoms with Crippen molar-refractivity contribution in [1.29, 1.82) is 0 Å². The molecule has 1 N–H and O–H groups in total. The molecule has 0 radical (unpaired) electrons. The molecule has 0 spiro atoms. The molecule has 2 aliphatic carbocycles. The Bertz CT molecular complexity index is 600. The molecule has 0 aliphatic heterocycles. The second kappa shape index (κ2) is 5.31. The maximum atomic E-state index is 3.98. The zero-order chi connectivity index (χ0) is 14.2. The second-order valence-electron chi connectivity index (χ2n) is 6.64. The minimum Gasteiger partial charge on any atom is -0.303 e. The molecule has 1 nitrogen and oxygen atoms in total. The molecule has 0 saturated heterocycles. The van der Waals surface area contributed by atoms with Gasteiger partial charge in [-0.15, -0.1) is 0 Å². The zero-order valence-electron chi connectivity index (χ0n) is 12.7. The van der Waals surface area contributed by atoms with Crippen LogP contribution < -0.4 is 5.32 Å². The quantitative estimate of drug-likeness (QED) is 0.821. The van der Waals surface area contributed by atoms with Gasteiger partial charge < -0.3 is 5.32 Å². The van der Waals surface area contributed by atoms with Gasteiger partial charge in [-0.05, 0) is 41.0 Å². The molecule has 0 unspecified atom stereocenters. The van der Waals surface area contributed by atoms with Gasteiger partial charge in [0.15, 0.2) is 0 Å². The third kappa shape index (κ3) is 2.20. The van der Waals surface area contributed by atoms with Crippen LogP contribution in [0.3, 0.4) is 0 Å². The van der Waals surface area contributed by atoms with Crippen molar-refractivity contribution in [2.24, 2.45) is 5.92 Å². The lowest BCUT2D eigenvalue weighted by Gasteiger charge is -2.32. The molecule has 2 aromatic carbocycles. The van der Waals surface area contributed by atoms with Crippen LogP contribution in [0.5, 0.6) is 0 Å². The molecule has 108 valence electrons. The number of nitrogens with one attached hydrogen (secondary N) is 1. The lowest BCUT2D eigenvalue weighted by atomic mass is 9.85. The van der Waals surface area contributed by atoms with Gasteiger partial charge in [0.05, 0.1) is 6.04 Å². The highest BCUT2D eigenvalue weighted by molar-refractivity contribution is 5.78. The predicted molar refractivity (Wildman–Crippen MR) is 88.3 cm³/mol. The molecule has 2 atom stereocenters. The van der Waals surface area contributed by atoms with Gasteiger partial charge in [0.25, 0.3) is 0 Å². The molecule has 0 amide bonds. The Hall–Kier alpha value is -1.60. The maximum absolute atomic E-state index is 3.98. The van der Waals surface area contributed by atoms with Crippen LogP contribution in [0, 0.1) is 5.92 Å². The highest BCUT2D eigenvalue weighted by Crippen LogP contribution is 2.44. The Morgan fingerprint density at radius 1 is 0.810 bits per heavy atom. The summed E-state index contributed by atoms with van der Waals surface area (Å²) < 4.78 is 0. The van der Waals surface area contributed by atoms with Crippen molar-refractivity contribution in [1.82, 2.24) is 5.32 Å². The minimum atomic E-state index is 0.378. The molecule has 1 fully saturated rings. The summed E-state index contributed by atoms with van der Waals surface area (Å²) in [7, 11) is 0. The van der Waals surface area contributed by atoms with E-state index in [0.29, 0.717) is 12.1 Å². The summed E-state index contributed by atoms with van der Waals surface area (Å²) in [6.07, 6.45) is 5.46. The van der Waals surface area contributed by atoms with Crippen LogP contribution in [0.2, 0.25) is 0 Å². The second-order valence-corrected chi connectivity index (χ2v) is 6.64. The number of hydrogen-bond donors (Lipinski definition) is 1. The average molecular weight is 277 g/mol. The molecule has 0 aromatic heterocycles. The Morgan fingerprint density at radius 3 is 2.00 bits per heavy atom. The molecule has 0 bridgehead atoms. The van der Waals surface area contributed by atoms with Crippen molar-refractivity contribution in [2.45, 2.75) is 44.7 Å². The number of fused-ring (bicyclic) bond motifs is 3. The van der Waals surface area contributed by atoms with Crippen LogP contribution >= 0.6 is 0 Å². The van der Waals surface area contributed by atoms with Crippen LogP contribution in [-0.4, -0.2) is 6.04 Å². The van der Waals surface area contributed by atoms with Crippen molar-refractivity contribution in [2.75, 3.05) is 0 Å². The van der Waals surface area contributed by atoms with Crippen LogP contribution in [0.25, 0.3) is 11.1 Å². The molecule has 1 heteroatoms. The lowest BCUT2D eigenvalue weighted by molar-refractivity contribution is 0.269. The summed E-state index contributed by atoms with van der Waals surface area (Å²) in [4.78, 5) is 0. The predicted octanol–water partition coefficient (Wildman–Crippen LogP) is 4.92. The van der Waals surface area contributed by atoms with Crippen molar-refractivity contribution >= 4 is 0 Å². The first-order valence-corrected chi connectivity index (χ1v) is 8.29. The van der Waals surface area contributed by atoms with E-state index >= 15 is 0 Å². The largest absolute Gasteiger partial charge is 0.303 e. The van der Waals surface area contributed by atoms with Gasteiger partial charge in [0.1, 0.15) is 0 Å². The van der Waals surface area contributed by atoms with Crippen LogP contribution in [0.1, 0.15) is 49.8 Å². The molecular formula is C20H23N. The fraction of sp³-hybridized carbons (Fsp3) is 0.400. The van der Waals surface area contributed by atoms with E-state index in [4.69, 9.17) is 0 Å². The summed E-state index contributed by atoms with van der Waals surface area (Å²) >= 11 is 0. The molecule has 1 saturated carbocycles. The van der Waals surface area contributed by atoms with Crippen molar-refractivity contribution in [3.8, 4) is 11.1 Å². The first kappa shape index (κ1) is 13.1. The molecule has 21 heavy (non-hydrogen) atoms. The first-order chi connectivity index (χ1) is 10.3. The topological polar surface area (TPSA) is 12.0 Å². The van der Waals surface area contributed by atoms with E-state index in [1.165, 1.54) is 47.9 Å². The normalized spacial score (nSPS) is 24.6. The molecule has 0 heterocycles. The first-order valence-electron chi connectivity index (χ1n) is 8.29. The van der Waals surface area contributed by atoms with Crippen LogP contribution in [-0.2, 0) is 0 Å². The summed E-state index contributed by atoms with van der Waals surface area (Å²) in [5.41, 5.74) is 5.73. The summed E-state index contributed by atoms with van der Waals surface area (Å²) in [5, 5.41) is 3.98. The molecule has 2 aromatic rings. The van der Waals surface area contributed by atoms with Crippen LogP contribution in [0.15, 0.2) is 48.5 Å². The molecule has 2 aliphatic rings. The standard InChI is InChI=1S/C20H23N/c1-14-8-2-7-13-19(14)21-20-17-11-5-3-9-15(17)16-10-4-6-12-18(16)20/h3-6,9-12,14,19-21H,2,7-8,13H2,1H3/t14-,19+/m0/s1. The Kier molecular flexibility index (Phi) is 3.31. The van der Waals surface area contributed by atoms with Crippen molar-refractivity contribution in [3.05, 3.63) is 59.7 Å². The van der Waals surface area contributed by atoms with E-state index in [2.05, 4.69) is 60.8 Å². The number of benzene rings is 2. The summed E-state index contributed by atoms with van der Waals surface area (Å²) in [5.74, 6) is 0.790. The van der Waals surface area contributed by atoms with E-state index in [-0.39, 0.29) is 0 Å². The fourth-order valence-corrected chi connectivity index (χ4v) is 4.11. The molecular weight excluding hydrogens is 254 g/mol. The number of hydrogen-bond acceptors (Lipinski definition) is 1. The van der Waals surface area contributed by atoms with E-state index in [9.17, 15) is 0 Å². The average Bonchev–Trinajstić information content (AvgIpc) is 2.85.